The van der Waals surface area contributed by atoms with Crippen molar-refractivity contribution in [3.05, 3.63) is 24.3 Å². The van der Waals surface area contributed by atoms with E-state index in [1.165, 1.54) is 28.5 Å². The summed E-state index contributed by atoms with van der Waals surface area (Å²) in [7, 11) is 0. The molecule has 0 aliphatic carbocycles. The molecule has 2 rings (SSSR count). The molecule has 1 fully saturated rings. The van der Waals surface area contributed by atoms with Crippen LogP contribution in [0.5, 0.6) is 0 Å². The molecule has 1 atom stereocenters. The predicted molar refractivity (Wildman–Crippen MR) is 67.6 cm³/mol. The van der Waals surface area contributed by atoms with Crippen LogP contribution in [0.25, 0.3) is 0 Å². The Labute approximate surface area is 94.0 Å². The third kappa shape index (κ3) is 2.61. The summed E-state index contributed by atoms with van der Waals surface area (Å²) in [4.78, 5) is 1.33. The molecule has 0 spiro atoms. The van der Waals surface area contributed by atoms with Gasteiger partial charge < -0.3 is 5.32 Å². The van der Waals surface area contributed by atoms with Crippen LogP contribution in [0.1, 0.15) is 6.42 Å². The zero-order valence-corrected chi connectivity index (χ0v) is 9.96. The van der Waals surface area contributed by atoms with Gasteiger partial charge in [0, 0.05) is 22.4 Å². The Morgan fingerprint density at radius 1 is 1.36 bits per heavy atom. The van der Waals surface area contributed by atoms with Crippen LogP contribution in [-0.4, -0.2) is 23.8 Å². The topological polar surface area (TPSA) is 12.0 Å². The standard InChI is InChI=1S/C11H15NS2/c1-13-11-4-2-9(3-5-11)12-10-6-7-14-8-10/h2-5,10,12H,6-8H2,1H3/t10-/m0/s1. The Kier molecular flexibility index (Phi) is 3.65. The number of thioether (sulfide) groups is 2. The molecule has 1 saturated heterocycles. The second kappa shape index (κ2) is 4.99. The van der Waals surface area contributed by atoms with E-state index in [-0.39, 0.29) is 0 Å². The summed E-state index contributed by atoms with van der Waals surface area (Å²) in [5, 5.41) is 3.56. The minimum absolute atomic E-state index is 0.681. The highest BCUT2D eigenvalue weighted by molar-refractivity contribution is 7.99. The monoisotopic (exact) mass is 225 g/mol. The van der Waals surface area contributed by atoms with E-state index in [1.807, 2.05) is 11.8 Å². The minimum atomic E-state index is 0.681. The van der Waals surface area contributed by atoms with Crippen molar-refractivity contribution >= 4 is 29.2 Å². The molecule has 0 saturated carbocycles. The van der Waals surface area contributed by atoms with E-state index in [0.717, 1.165) is 0 Å². The normalized spacial score (nSPS) is 21.1. The molecule has 1 heterocycles. The molecule has 14 heavy (non-hydrogen) atoms. The van der Waals surface area contributed by atoms with Gasteiger partial charge in [-0.3, -0.25) is 0 Å². The van der Waals surface area contributed by atoms with Crippen molar-refractivity contribution in [2.75, 3.05) is 23.1 Å². The first-order valence-corrected chi connectivity index (χ1v) is 7.25. The molecule has 1 N–H and O–H groups in total. The van der Waals surface area contributed by atoms with Gasteiger partial charge in [-0.1, -0.05) is 0 Å². The van der Waals surface area contributed by atoms with Crippen molar-refractivity contribution in [3.63, 3.8) is 0 Å². The van der Waals surface area contributed by atoms with Crippen LogP contribution in [0.3, 0.4) is 0 Å². The highest BCUT2D eigenvalue weighted by atomic mass is 32.2. The number of anilines is 1. The fourth-order valence-corrected chi connectivity index (χ4v) is 3.13. The van der Waals surface area contributed by atoms with E-state index in [2.05, 4.69) is 35.8 Å². The van der Waals surface area contributed by atoms with Crippen LogP contribution in [-0.2, 0) is 0 Å². The van der Waals surface area contributed by atoms with Crippen molar-refractivity contribution in [2.45, 2.75) is 17.4 Å². The number of nitrogens with one attached hydrogen (secondary N) is 1. The molecule has 1 aromatic carbocycles. The molecule has 1 aliphatic rings. The lowest BCUT2D eigenvalue weighted by Gasteiger charge is -2.12. The van der Waals surface area contributed by atoms with Crippen molar-refractivity contribution in [1.82, 2.24) is 0 Å². The average molecular weight is 225 g/mol. The number of benzene rings is 1. The summed E-state index contributed by atoms with van der Waals surface area (Å²) < 4.78 is 0. The molecule has 0 amide bonds. The summed E-state index contributed by atoms with van der Waals surface area (Å²) >= 11 is 3.83. The van der Waals surface area contributed by atoms with Gasteiger partial charge in [0.2, 0.25) is 0 Å². The number of rotatable bonds is 3. The summed E-state index contributed by atoms with van der Waals surface area (Å²) in [6, 6.07) is 9.38. The van der Waals surface area contributed by atoms with E-state index in [4.69, 9.17) is 0 Å². The zero-order valence-electron chi connectivity index (χ0n) is 8.32. The van der Waals surface area contributed by atoms with E-state index < -0.39 is 0 Å². The van der Waals surface area contributed by atoms with Crippen LogP contribution in [0, 0.1) is 0 Å². The average Bonchev–Trinajstić information content (AvgIpc) is 2.72. The van der Waals surface area contributed by atoms with Crippen molar-refractivity contribution in [2.24, 2.45) is 0 Å². The highest BCUT2D eigenvalue weighted by Gasteiger charge is 2.14. The van der Waals surface area contributed by atoms with Crippen LogP contribution < -0.4 is 5.32 Å². The summed E-state index contributed by atoms with van der Waals surface area (Å²) in [5.74, 6) is 2.56. The lowest BCUT2D eigenvalue weighted by Crippen LogP contribution is -2.17. The first-order valence-electron chi connectivity index (χ1n) is 4.87. The van der Waals surface area contributed by atoms with E-state index in [1.54, 1.807) is 11.8 Å². The largest absolute Gasteiger partial charge is 0.381 e. The van der Waals surface area contributed by atoms with Gasteiger partial charge in [0.15, 0.2) is 0 Å². The van der Waals surface area contributed by atoms with Crippen molar-refractivity contribution < 1.29 is 0 Å². The third-order valence-electron chi connectivity index (χ3n) is 2.39. The van der Waals surface area contributed by atoms with Gasteiger partial charge in [-0.15, -0.1) is 11.8 Å². The molecular formula is C11H15NS2. The summed E-state index contributed by atoms with van der Waals surface area (Å²) in [5.41, 5.74) is 1.26. The lowest BCUT2D eigenvalue weighted by atomic mass is 10.2. The molecule has 1 aromatic rings. The van der Waals surface area contributed by atoms with Gasteiger partial charge in [0.25, 0.3) is 0 Å². The smallest absolute Gasteiger partial charge is 0.0359 e. The summed E-state index contributed by atoms with van der Waals surface area (Å²) in [6.45, 7) is 0. The quantitative estimate of drug-likeness (QED) is 0.793. The van der Waals surface area contributed by atoms with Gasteiger partial charge >= 0.3 is 0 Å². The minimum Gasteiger partial charge on any atom is -0.381 e. The Bertz CT molecular complexity index is 278. The molecule has 3 heteroatoms. The zero-order chi connectivity index (χ0) is 9.80. The van der Waals surface area contributed by atoms with E-state index in [9.17, 15) is 0 Å². The second-order valence-electron chi connectivity index (χ2n) is 3.43. The van der Waals surface area contributed by atoms with Crippen molar-refractivity contribution in [1.29, 1.82) is 0 Å². The van der Waals surface area contributed by atoms with E-state index >= 15 is 0 Å². The van der Waals surface area contributed by atoms with Gasteiger partial charge in [-0.25, -0.2) is 0 Å². The van der Waals surface area contributed by atoms with Gasteiger partial charge in [-0.2, -0.15) is 11.8 Å². The molecular weight excluding hydrogens is 210 g/mol. The molecule has 76 valence electrons. The number of hydrogen-bond acceptors (Lipinski definition) is 3. The fraction of sp³-hybridized carbons (Fsp3) is 0.455. The first kappa shape index (κ1) is 10.2. The van der Waals surface area contributed by atoms with Crippen LogP contribution >= 0.6 is 23.5 Å². The Balaban J connectivity index is 1.95. The Morgan fingerprint density at radius 3 is 2.71 bits per heavy atom. The second-order valence-corrected chi connectivity index (χ2v) is 5.46. The maximum absolute atomic E-state index is 3.56. The Hall–Kier alpha value is -0.280. The van der Waals surface area contributed by atoms with Gasteiger partial charge in [0.1, 0.15) is 0 Å². The first-order chi connectivity index (χ1) is 6.88. The van der Waals surface area contributed by atoms with Crippen LogP contribution in [0.15, 0.2) is 29.2 Å². The highest BCUT2D eigenvalue weighted by Crippen LogP contribution is 2.23. The molecule has 1 aliphatic heterocycles. The molecule has 0 unspecified atom stereocenters. The molecule has 1 nitrogen and oxygen atoms in total. The fourth-order valence-electron chi connectivity index (χ4n) is 1.57. The number of hydrogen-bond donors (Lipinski definition) is 1. The maximum atomic E-state index is 3.56. The maximum Gasteiger partial charge on any atom is 0.0359 e. The van der Waals surface area contributed by atoms with Crippen LogP contribution in [0.2, 0.25) is 0 Å². The molecule has 0 bridgehead atoms. The van der Waals surface area contributed by atoms with E-state index in [0.29, 0.717) is 6.04 Å². The summed E-state index contributed by atoms with van der Waals surface area (Å²) in [6.07, 6.45) is 3.41. The molecule has 0 radical (unpaired) electrons. The van der Waals surface area contributed by atoms with Crippen LogP contribution in [0.4, 0.5) is 5.69 Å². The van der Waals surface area contributed by atoms with Crippen molar-refractivity contribution in [3.8, 4) is 0 Å². The SMILES string of the molecule is CSc1ccc(N[C@H]2CCSC2)cc1. The predicted octanol–water partition coefficient (Wildman–Crippen LogP) is 3.33. The molecule has 0 aromatic heterocycles. The lowest BCUT2D eigenvalue weighted by molar-refractivity contribution is 0.813. The van der Waals surface area contributed by atoms with Gasteiger partial charge in [-0.05, 0) is 42.7 Å². The Morgan fingerprint density at radius 2 is 2.14 bits per heavy atom. The van der Waals surface area contributed by atoms with Gasteiger partial charge in [0.05, 0.1) is 0 Å². The third-order valence-corrected chi connectivity index (χ3v) is 4.30.